The van der Waals surface area contributed by atoms with Gasteiger partial charge in [-0.25, -0.2) is 0 Å². The van der Waals surface area contributed by atoms with Crippen molar-refractivity contribution in [2.75, 3.05) is 13.7 Å². The van der Waals surface area contributed by atoms with Crippen LogP contribution < -0.4 is 5.32 Å². The van der Waals surface area contributed by atoms with Crippen molar-refractivity contribution >= 4 is 38.7 Å². The Morgan fingerprint density at radius 3 is 2.89 bits per heavy atom. The third-order valence-electron chi connectivity index (χ3n) is 2.70. The summed E-state index contributed by atoms with van der Waals surface area (Å²) in [7, 11) is 1.28. The number of ether oxygens (including phenoxy) is 1. The average molecular weight is 325 g/mol. The molecule has 0 aliphatic carbocycles. The van der Waals surface area contributed by atoms with Gasteiger partial charge in [0.2, 0.25) is 5.91 Å². The summed E-state index contributed by atoms with van der Waals surface area (Å²) in [4.78, 5) is 22.6. The third-order valence-corrected chi connectivity index (χ3v) is 3.20. The molecule has 1 N–H and O–H groups in total. The summed E-state index contributed by atoms with van der Waals surface area (Å²) in [6, 6.07) is 7.78. The van der Waals surface area contributed by atoms with Gasteiger partial charge < -0.3 is 14.6 Å². The molecule has 0 fully saturated rings. The van der Waals surface area contributed by atoms with Crippen LogP contribution in [0, 0.1) is 0 Å². The first kappa shape index (κ1) is 13.6. The summed E-state index contributed by atoms with van der Waals surface area (Å²) < 4.78 is 7.27. The van der Waals surface area contributed by atoms with E-state index in [1.54, 1.807) is 0 Å². The predicted molar refractivity (Wildman–Crippen MR) is 74.7 cm³/mol. The first-order valence-corrected chi connectivity index (χ1v) is 6.47. The summed E-state index contributed by atoms with van der Waals surface area (Å²) in [5.41, 5.74) is 0.969. The number of halogens is 1. The Bertz CT molecular complexity index is 621. The molecule has 19 heavy (non-hydrogen) atoms. The van der Waals surface area contributed by atoms with Crippen molar-refractivity contribution in [3.05, 3.63) is 34.9 Å². The number of fused-ring (bicyclic) bond motifs is 1. The van der Waals surface area contributed by atoms with Gasteiger partial charge in [0, 0.05) is 21.6 Å². The largest absolute Gasteiger partial charge is 0.468 e. The van der Waals surface area contributed by atoms with Crippen LogP contribution in [0.3, 0.4) is 0 Å². The highest BCUT2D eigenvalue weighted by Crippen LogP contribution is 2.20. The number of carbonyl (C=O) groups is 2. The van der Waals surface area contributed by atoms with E-state index < -0.39 is 5.97 Å². The lowest BCUT2D eigenvalue weighted by molar-refractivity contribution is -0.141. The number of methoxy groups -OCH3 is 1. The molecule has 0 saturated carbocycles. The van der Waals surface area contributed by atoms with Crippen LogP contribution in [-0.2, 0) is 20.9 Å². The molecule has 1 amide bonds. The number of amides is 1. The van der Waals surface area contributed by atoms with Crippen molar-refractivity contribution < 1.29 is 14.3 Å². The van der Waals surface area contributed by atoms with Gasteiger partial charge in [0.15, 0.2) is 0 Å². The van der Waals surface area contributed by atoms with E-state index in [0.717, 1.165) is 15.4 Å². The second-order valence-electron chi connectivity index (χ2n) is 4.00. The molecule has 2 aromatic rings. The van der Waals surface area contributed by atoms with Crippen LogP contribution in [-0.4, -0.2) is 30.1 Å². The van der Waals surface area contributed by atoms with Crippen molar-refractivity contribution in [2.24, 2.45) is 0 Å². The van der Waals surface area contributed by atoms with Crippen LogP contribution in [0.15, 0.2) is 34.9 Å². The molecule has 0 spiro atoms. The van der Waals surface area contributed by atoms with Gasteiger partial charge >= 0.3 is 5.97 Å². The quantitative estimate of drug-likeness (QED) is 0.871. The molecule has 1 aromatic heterocycles. The summed E-state index contributed by atoms with van der Waals surface area (Å²) >= 11 is 3.40. The van der Waals surface area contributed by atoms with E-state index in [1.807, 2.05) is 35.0 Å². The molecule has 0 saturated heterocycles. The zero-order valence-electron chi connectivity index (χ0n) is 10.4. The van der Waals surface area contributed by atoms with Crippen LogP contribution in [0.4, 0.5) is 0 Å². The lowest BCUT2D eigenvalue weighted by Crippen LogP contribution is -2.32. The second kappa shape index (κ2) is 5.88. The maximum absolute atomic E-state index is 11.7. The molecule has 0 unspecified atom stereocenters. The van der Waals surface area contributed by atoms with E-state index in [-0.39, 0.29) is 19.0 Å². The molecule has 0 bridgehead atoms. The maximum atomic E-state index is 11.7. The fourth-order valence-corrected chi connectivity index (χ4v) is 2.14. The van der Waals surface area contributed by atoms with Crippen LogP contribution in [0.1, 0.15) is 0 Å². The molecule has 100 valence electrons. The van der Waals surface area contributed by atoms with Gasteiger partial charge in [-0.15, -0.1) is 0 Å². The first-order chi connectivity index (χ1) is 9.10. The first-order valence-electron chi connectivity index (χ1n) is 5.68. The summed E-state index contributed by atoms with van der Waals surface area (Å²) in [6.07, 6.45) is 1.84. The lowest BCUT2D eigenvalue weighted by atomic mass is 10.2. The number of carbonyl (C=O) groups excluding carboxylic acids is 2. The number of aromatic nitrogens is 1. The summed E-state index contributed by atoms with van der Waals surface area (Å²) in [5, 5.41) is 3.56. The van der Waals surface area contributed by atoms with E-state index >= 15 is 0 Å². The van der Waals surface area contributed by atoms with Crippen molar-refractivity contribution in [1.29, 1.82) is 0 Å². The van der Waals surface area contributed by atoms with Crippen LogP contribution in [0.2, 0.25) is 0 Å². The number of rotatable bonds is 4. The normalized spacial score (nSPS) is 10.4. The molecule has 1 heterocycles. The highest BCUT2D eigenvalue weighted by molar-refractivity contribution is 9.10. The number of nitrogens with zero attached hydrogens (tertiary/aromatic N) is 1. The Balaban J connectivity index is 2.05. The van der Waals surface area contributed by atoms with E-state index in [9.17, 15) is 9.59 Å². The van der Waals surface area contributed by atoms with Gasteiger partial charge in [-0.3, -0.25) is 9.59 Å². The lowest BCUT2D eigenvalue weighted by Gasteiger charge is -2.06. The smallest absolute Gasteiger partial charge is 0.325 e. The predicted octanol–water partition coefficient (Wildman–Crippen LogP) is 1.69. The minimum absolute atomic E-state index is 0.111. The fourth-order valence-electron chi connectivity index (χ4n) is 1.76. The van der Waals surface area contributed by atoms with Crippen LogP contribution in [0.25, 0.3) is 10.9 Å². The van der Waals surface area contributed by atoms with Gasteiger partial charge in [0.1, 0.15) is 13.1 Å². The standard InChI is InChI=1S/C13H13BrN2O3/c1-19-13(18)7-15-12(17)8-16-5-4-9-6-10(14)2-3-11(9)16/h2-6H,7-8H2,1H3,(H,15,17). The minimum Gasteiger partial charge on any atom is -0.468 e. The Morgan fingerprint density at radius 2 is 2.16 bits per heavy atom. The van der Waals surface area contributed by atoms with Crippen molar-refractivity contribution in [3.8, 4) is 0 Å². The Labute approximate surface area is 118 Å². The number of esters is 1. The summed E-state index contributed by atoms with van der Waals surface area (Å²) in [5.74, 6) is -0.694. The maximum Gasteiger partial charge on any atom is 0.325 e. The Kier molecular flexibility index (Phi) is 4.21. The molecule has 6 heteroatoms. The number of nitrogens with one attached hydrogen (secondary N) is 1. The molecule has 0 aliphatic rings. The van der Waals surface area contributed by atoms with E-state index in [4.69, 9.17) is 0 Å². The average Bonchev–Trinajstić information content (AvgIpc) is 2.78. The fraction of sp³-hybridized carbons (Fsp3) is 0.231. The molecule has 0 radical (unpaired) electrons. The zero-order valence-corrected chi connectivity index (χ0v) is 11.9. The highest BCUT2D eigenvalue weighted by Gasteiger charge is 2.08. The molecule has 5 nitrogen and oxygen atoms in total. The Morgan fingerprint density at radius 1 is 1.37 bits per heavy atom. The molecule has 1 aromatic carbocycles. The zero-order chi connectivity index (χ0) is 13.8. The molecule has 2 rings (SSSR count). The number of benzene rings is 1. The monoisotopic (exact) mass is 324 g/mol. The van der Waals surface area contributed by atoms with Crippen LogP contribution >= 0.6 is 15.9 Å². The van der Waals surface area contributed by atoms with E-state index in [1.165, 1.54) is 7.11 Å². The van der Waals surface area contributed by atoms with Crippen molar-refractivity contribution in [2.45, 2.75) is 6.54 Å². The van der Waals surface area contributed by atoms with E-state index in [2.05, 4.69) is 26.0 Å². The van der Waals surface area contributed by atoms with E-state index in [0.29, 0.717) is 0 Å². The van der Waals surface area contributed by atoms with Gasteiger partial charge in [-0.05, 0) is 24.3 Å². The Hall–Kier alpha value is -1.82. The topological polar surface area (TPSA) is 60.3 Å². The van der Waals surface area contributed by atoms with Gasteiger partial charge in [0.05, 0.1) is 7.11 Å². The highest BCUT2D eigenvalue weighted by atomic mass is 79.9. The SMILES string of the molecule is COC(=O)CNC(=O)Cn1ccc2cc(Br)ccc21. The molecular weight excluding hydrogens is 312 g/mol. The summed E-state index contributed by atoms with van der Waals surface area (Å²) in [6.45, 7) is 0.0577. The third kappa shape index (κ3) is 3.35. The van der Waals surface area contributed by atoms with Crippen LogP contribution in [0.5, 0.6) is 0 Å². The number of hydrogen-bond donors (Lipinski definition) is 1. The van der Waals surface area contributed by atoms with Gasteiger partial charge in [-0.1, -0.05) is 15.9 Å². The minimum atomic E-state index is -0.463. The molecular formula is C13H13BrN2O3. The molecule has 0 atom stereocenters. The van der Waals surface area contributed by atoms with Crippen molar-refractivity contribution in [1.82, 2.24) is 9.88 Å². The van der Waals surface area contributed by atoms with Crippen molar-refractivity contribution in [3.63, 3.8) is 0 Å². The number of hydrogen-bond acceptors (Lipinski definition) is 3. The van der Waals surface area contributed by atoms with Gasteiger partial charge in [0.25, 0.3) is 0 Å². The molecule has 0 aliphatic heterocycles. The van der Waals surface area contributed by atoms with Gasteiger partial charge in [-0.2, -0.15) is 0 Å². The second-order valence-corrected chi connectivity index (χ2v) is 4.92.